The minimum atomic E-state index is -0.334. The summed E-state index contributed by atoms with van der Waals surface area (Å²) in [6.07, 6.45) is 2.17. The number of likely N-dealkylation sites (N-methyl/N-ethyl adjacent to an activating group) is 1. The van der Waals surface area contributed by atoms with Crippen LogP contribution in [-0.4, -0.2) is 60.2 Å². The van der Waals surface area contributed by atoms with Gasteiger partial charge in [0.2, 0.25) is 17.7 Å². The molecule has 1 aliphatic rings. The van der Waals surface area contributed by atoms with E-state index in [9.17, 15) is 14.4 Å². The summed E-state index contributed by atoms with van der Waals surface area (Å²) in [5.74, 6) is -0.696. The van der Waals surface area contributed by atoms with Crippen molar-refractivity contribution in [3.8, 4) is 0 Å². The van der Waals surface area contributed by atoms with E-state index in [1.165, 1.54) is 4.90 Å². The van der Waals surface area contributed by atoms with Crippen LogP contribution in [0.25, 0.3) is 0 Å². The van der Waals surface area contributed by atoms with Crippen molar-refractivity contribution in [2.45, 2.75) is 39.2 Å². The third-order valence-electron chi connectivity index (χ3n) is 5.27. The van der Waals surface area contributed by atoms with Gasteiger partial charge in [-0.3, -0.25) is 19.3 Å². The topological polar surface area (TPSA) is 95.7 Å². The number of carbonyl (C=O) groups excluding carboxylic acids is 3. The van der Waals surface area contributed by atoms with Gasteiger partial charge in [-0.25, -0.2) is 0 Å². The number of nitrogens with zero attached hydrogens (tertiary/aromatic N) is 2. The summed E-state index contributed by atoms with van der Waals surface area (Å²) in [4.78, 5) is 39.8. The van der Waals surface area contributed by atoms with Gasteiger partial charge < -0.3 is 16.0 Å². The molecule has 148 valence electrons. The predicted octanol–water partition coefficient (Wildman–Crippen LogP) is 1.23. The first-order chi connectivity index (χ1) is 12.8. The first-order valence-corrected chi connectivity index (χ1v) is 9.49. The summed E-state index contributed by atoms with van der Waals surface area (Å²) in [7, 11) is 1.64. The second kappa shape index (κ2) is 9.50. The molecule has 7 heteroatoms. The second-order valence-corrected chi connectivity index (χ2v) is 7.14. The number of benzene rings is 1. The van der Waals surface area contributed by atoms with Crippen molar-refractivity contribution in [2.75, 3.05) is 32.0 Å². The molecule has 0 spiro atoms. The van der Waals surface area contributed by atoms with Gasteiger partial charge in [-0.2, -0.15) is 0 Å². The number of carbonyl (C=O) groups is 3. The van der Waals surface area contributed by atoms with Crippen molar-refractivity contribution in [1.82, 2.24) is 9.80 Å². The lowest BCUT2D eigenvalue weighted by molar-refractivity contribution is -0.138. The molecule has 0 bridgehead atoms. The van der Waals surface area contributed by atoms with Crippen LogP contribution < -0.4 is 11.1 Å². The van der Waals surface area contributed by atoms with Crippen molar-refractivity contribution in [3.05, 3.63) is 29.8 Å². The Morgan fingerprint density at radius 2 is 1.89 bits per heavy atom. The maximum atomic E-state index is 12.7. The maximum absolute atomic E-state index is 12.7. The molecule has 3 N–H and O–H groups in total. The molecule has 0 aliphatic carbocycles. The number of nitrogens with two attached hydrogens (primary N) is 1. The van der Waals surface area contributed by atoms with Gasteiger partial charge in [0.1, 0.15) is 0 Å². The van der Waals surface area contributed by atoms with E-state index >= 15 is 0 Å². The molecule has 0 saturated carbocycles. The van der Waals surface area contributed by atoms with Crippen LogP contribution in [0.5, 0.6) is 0 Å². The Labute approximate surface area is 160 Å². The molecule has 1 atom stereocenters. The molecule has 2 rings (SSSR count). The van der Waals surface area contributed by atoms with Gasteiger partial charge in [-0.05, 0) is 50.9 Å². The van der Waals surface area contributed by atoms with Crippen LogP contribution in [0.15, 0.2) is 24.3 Å². The second-order valence-electron chi connectivity index (χ2n) is 7.14. The van der Waals surface area contributed by atoms with E-state index < -0.39 is 0 Å². The molecule has 3 amide bonds. The fourth-order valence-electron chi connectivity index (χ4n) is 3.48. The lowest BCUT2D eigenvalue weighted by Crippen LogP contribution is -2.50. The predicted molar refractivity (Wildman–Crippen MR) is 105 cm³/mol. The average molecular weight is 374 g/mol. The highest BCUT2D eigenvalue weighted by atomic mass is 16.2. The number of hydrogen-bond acceptors (Lipinski definition) is 4. The monoisotopic (exact) mass is 374 g/mol. The van der Waals surface area contributed by atoms with Crippen LogP contribution in [0, 0.1) is 5.92 Å². The Kier molecular flexibility index (Phi) is 7.36. The largest absolute Gasteiger partial charge is 0.369 e. The number of hydrogen-bond donors (Lipinski definition) is 2. The summed E-state index contributed by atoms with van der Waals surface area (Å²) in [5, 5.41) is 2.89. The lowest BCUT2D eigenvalue weighted by Gasteiger charge is -2.35. The number of aryl methyl sites for hydroxylation is 1. The minimum absolute atomic E-state index is 0.00102. The molecule has 0 radical (unpaired) electrons. The van der Waals surface area contributed by atoms with Crippen LogP contribution in [0.4, 0.5) is 5.69 Å². The molecule has 1 fully saturated rings. The fourth-order valence-corrected chi connectivity index (χ4v) is 3.48. The zero-order chi connectivity index (χ0) is 20.0. The third kappa shape index (κ3) is 5.53. The Balaban J connectivity index is 1.87. The van der Waals surface area contributed by atoms with E-state index in [0.29, 0.717) is 25.9 Å². The van der Waals surface area contributed by atoms with E-state index in [2.05, 4.69) is 5.32 Å². The van der Waals surface area contributed by atoms with Crippen LogP contribution in [0.2, 0.25) is 0 Å². The first kappa shape index (κ1) is 20.9. The SMILES string of the molecule is CCc1ccccc1NC(=O)CN(C)C(=O)C(C)N1CCC(C(N)=O)CC1. The molecular weight excluding hydrogens is 344 g/mol. The first-order valence-electron chi connectivity index (χ1n) is 9.49. The van der Waals surface area contributed by atoms with Crippen molar-refractivity contribution < 1.29 is 14.4 Å². The van der Waals surface area contributed by atoms with E-state index in [1.807, 2.05) is 43.0 Å². The number of amides is 3. The normalized spacial score (nSPS) is 16.6. The van der Waals surface area contributed by atoms with Gasteiger partial charge in [-0.1, -0.05) is 25.1 Å². The van der Waals surface area contributed by atoms with Crippen LogP contribution in [0.1, 0.15) is 32.3 Å². The Morgan fingerprint density at radius 1 is 1.26 bits per heavy atom. The molecule has 1 heterocycles. The van der Waals surface area contributed by atoms with E-state index in [0.717, 1.165) is 17.7 Å². The number of primary amides is 1. The van der Waals surface area contributed by atoms with Crippen molar-refractivity contribution >= 4 is 23.4 Å². The molecule has 1 aromatic rings. The molecule has 7 nitrogen and oxygen atoms in total. The van der Waals surface area contributed by atoms with Gasteiger partial charge in [0.05, 0.1) is 12.6 Å². The molecule has 1 aliphatic heterocycles. The summed E-state index contributed by atoms with van der Waals surface area (Å²) >= 11 is 0. The summed E-state index contributed by atoms with van der Waals surface area (Å²) < 4.78 is 0. The van der Waals surface area contributed by atoms with E-state index in [-0.39, 0.29) is 36.2 Å². The highest BCUT2D eigenvalue weighted by Gasteiger charge is 2.30. The van der Waals surface area contributed by atoms with Crippen LogP contribution >= 0.6 is 0 Å². The molecule has 1 aromatic carbocycles. The van der Waals surface area contributed by atoms with E-state index in [1.54, 1.807) is 7.05 Å². The summed E-state index contributed by atoms with van der Waals surface area (Å²) in [6.45, 7) is 5.19. The van der Waals surface area contributed by atoms with Gasteiger partial charge in [-0.15, -0.1) is 0 Å². The van der Waals surface area contributed by atoms with Crippen LogP contribution in [-0.2, 0) is 20.8 Å². The van der Waals surface area contributed by atoms with Gasteiger partial charge in [0.15, 0.2) is 0 Å². The van der Waals surface area contributed by atoms with Crippen molar-refractivity contribution in [2.24, 2.45) is 11.7 Å². The zero-order valence-corrected chi connectivity index (χ0v) is 16.4. The van der Waals surface area contributed by atoms with Gasteiger partial charge >= 0.3 is 0 Å². The Hall–Kier alpha value is -2.41. The lowest BCUT2D eigenvalue weighted by atomic mass is 9.95. The molecule has 1 unspecified atom stereocenters. The molecule has 0 aromatic heterocycles. The third-order valence-corrected chi connectivity index (χ3v) is 5.27. The number of nitrogens with one attached hydrogen (secondary N) is 1. The summed E-state index contributed by atoms with van der Waals surface area (Å²) in [5.41, 5.74) is 7.20. The highest BCUT2D eigenvalue weighted by molar-refractivity contribution is 5.95. The van der Waals surface area contributed by atoms with Gasteiger partial charge in [0, 0.05) is 18.7 Å². The molecular formula is C20H30N4O3. The average Bonchev–Trinajstić information content (AvgIpc) is 2.67. The van der Waals surface area contributed by atoms with Crippen molar-refractivity contribution in [1.29, 1.82) is 0 Å². The standard InChI is InChI=1S/C20H30N4O3/c1-4-15-7-5-6-8-17(15)22-18(25)13-23(3)20(27)14(2)24-11-9-16(10-12-24)19(21)26/h5-8,14,16H,4,9-13H2,1-3H3,(H2,21,26)(H,22,25). The molecule has 27 heavy (non-hydrogen) atoms. The number of piperidine rings is 1. The zero-order valence-electron chi connectivity index (χ0n) is 16.4. The Morgan fingerprint density at radius 3 is 2.48 bits per heavy atom. The van der Waals surface area contributed by atoms with E-state index in [4.69, 9.17) is 5.73 Å². The Bertz CT molecular complexity index is 684. The number of likely N-dealkylation sites (tertiary alicyclic amines) is 1. The number of anilines is 1. The quantitative estimate of drug-likeness (QED) is 0.750. The minimum Gasteiger partial charge on any atom is -0.369 e. The highest BCUT2D eigenvalue weighted by Crippen LogP contribution is 2.19. The number of rotatable bonds is 7. The molecule has 1 saturated heterocycles. The maximum Gasteiger partial charge on any atom is 0.243 e. The summed E-state index contributed by atoms with van der Waals surface area (Å²) in [6, 6.07) is 7.32. The fraction of sp³-hybridized carbons (Fsp3) is 0.550. The van der Waals surface area contributed by atoms with Crippen molar-refractivity contribution in [3.63, 3.8) is 0 Å². The van der Waals surface area contributed by atoms with Gasteiger partial charge in [0.25, 0.3) is 0 Å². The number of para-hydroxylation sites is 1. The van der Waals surface area contributed by atoms with Crippen LogP contribution in [0.3, 0.4) is 0 Å². The smallest absolute Gasteiger partial charge is 0.243 e.